The van der Waals surface area contributed by atoms with E-state index in [0.717, 1.165) is 6.20 Å². The van der Waals surface area contributed by atoms with Crippen LogP contribution in [-0.4, -0.2) is 51.6 Å². The van der Waals surface area contributed by atoms with Crippen molar-refractivity contribution in [2.45, 2.75) is 19.8 Å². The standard InChI is InChI=1S/C12H16N4O5/c1-2-21-12(18)8-3-5-15(6-4-8)11(17)10-9(16(19)20)7-13-14-10/h7-8H,2-6H2,1H3,(H,13,14). The number of nitrogens with one attached hydrogen (secondary N) is 1. The first-order valence-electron chi connectivity index (χ1n) is 6.68. The predicted molar refractivity (Wildman–Crippen MR) is 70.5 cm³/mol. The number of rotatable bonds is 4. The van der Waals surface area contributed by atoms with E-state index in [9.17, 15) is 19.7 Å². The molecule has 1 aliphatic heterocycles. The van der Waals surface area contributed by atoms with E-state index >= 15 is 0 Å². The summed E-state index contributed by atoms with van der Waals surface area (Å²) in [6, 6.07) is 0. The van der Waals surface area contributed by atoms with Gasteiger partial charge in [0.25, 0.3) is 5.91 Å². The number of piperidine rings is 1. The van der Waals surface area contributed by atoms with E-state index in [0.29, 0.717) is 32.5 Å². The van der Waals surface area contributed by atoms with E-state index in [1.54, 1.807) is 6.92 Å². The second kappa shape index (κ2) is 6.33. The number of carbonyl (C=O) groups is 2. The van der Waals surface area contributed by atoms with Gasteiger partial charge in [0.2, 0.25) is 5.69 Å². The van der Waals surface area contributed by atoms with Gasteiger partial charge in [0, 0.05) is 13.1 Å². The maximum atomic E-state index is 12.2. The topological polar surface area (TPSA) is 118 Å². The summed E-state index contributed by atoms with van der Waals surface area (Å²) >= 11 is 0. The molecule has 1 aromatic heterocycles. The third-order valence-corrected chi connectivity index (χ3v) is 3.43. The van der Waals surface area contributed by atoms with Gasteiger partial charge in [-0.05, 0) is 19.8 Å². The predicted octanol–water partition coefficient (Wildman–Crippen LogP) is 0.733. The first kappa shape index (κ1) is 14.9. The van der Waals surface area contributed by atoms with Crippen molar-refractivity contribution in [3.05, 3.63) is 22.0 Å². The highest BCUT2D eigenvalue weighted by atomic mass is 16.6. The minimum atomic E-state index is -0.651. The number of ether oxygens (including phenoxy) is 1. The second-order valence-electron chi connectivity index (χ2n) is 4.71. The number of hydrogen-bond acceptors (Lipinski definition) is 6. The number of H-pyrrole nitrogens is 1. The summed E-state index contributed by atoms with van der Waals surface area (Å²) in [4.78, 5) is 35.5. The van der Waals surface area contributed by atoms with Crippen LogP contribution in [0, 0.1) is 16.0 Å². The summed E-state index contributed by atoms with van der Waals surface area (Å²) in [5.41, 5.74) is -0.470. The van der Waals surface area contributed by atoms with Gasteiger partial charge in [0.1, 0.15) is 6.20 Å². The van der Waals surface area contributed by atoms with Crippen molar-refractivity contribution in [2.24, 2.45) is 5.92 Å². The molecule has 9 nitrogen and oxygen atoms in total. The zero-order chi connectivity index (χ0) is 15.4. The van der Waals surface area contributed by atoms with Crippen LogP contribution < -0.4 is 0 Å². The minimum Gasteiger partial charge on any atom is -0.466 e. The van der Waals surface area contributed by atoms with Gasteiger partial charge in [-0.15, -0.1) is 0 Å². The fourth-order valence-electron chi connectivity index (χ4n) is 2.31. The molecule has 0 unspecified atom stereocenters. The lowest BCUT2D eigenvalue weighted by molar-refractivity contribution is -0.385. The fourth-order valence-corrected chi connectivity index (χ4v) is 2.31. The molecule has 1 aliphatic rings. The smallest absolute Gasteiger partial charge is 0.319 e. The summed E-state index contributed by atoms with van der Waals surface area (Å²) in [5.74, 6) is -0.940. The average molecular weight is 296 g/mol. The number of amides is 1. The molecule has 0 bridgehead atoms. The second-order valence-corrected chi connectivity index (χ2v) is 4.71. The van der Waals surface area contributed by atoms with Gasteiger partial charge in [-0.1, -0.05) is 0 Å². The van der Waals surface area contributed by atoms with Gasteiger partial charge in [-0.2, -0.15) is 5.10 Å². The molecule has 1 saturated heterocycles. The molecule has 0 atom stereocenters. The first-order chi connectivity index (χ1) is 10.0. The summed E-state index contributed by atoms with van der Waals surface area (Å²) < 4.78 is 4.95. The molecule has 1 fully saturated rings. The third-order valence-electron chi connectivity index (χ3n) is 3.43. The van der Waals surface area contributed by atoms with E-state index in [-0.39, 0.29) is 23.3 Å². The number of likely N-dealkylation sites (tertiary alicyclic amines) is 1. The third kappa shape index (κ3) is 3.18. The van der Waals surface area contributed by atoms with E-state index in [1.165, 1.54) is 4.90 Å². The Kier molecular flexibility index (Phi) is 4.51. The maximum Gasteiger partial charge on any atom is 0.319 e. The molecule has 0 aliphatic carbocycles. The van der Waals surface area contributed by atoms with Crippen molar-refractivity contribution in [1.82, 2.24) is 15.1 Å². The van der Waals surface area contributed by atoms with Crippen LogP contribution in [0.4, 0.5) is 5.69 Å². The number of carbonyl (C=O) groups excluding carboxylic acids is 2. The zero-order valence-corrected chi connectivity index (χ0v) is 11.6. The Balaban J connectivity index is 1.99. The van der Waals surface area contributed by atoms with E-state index in [2.05, 4.69) is 10.2 Å². The molecular weight excluding hydrogens is 280 g/mol. The van der Waals surface area contributed by atoms with Crippen molar-refractivity contribution >= 4 is 17.6 Å². The Morgan fingerprint density at radius 2 is 2.19 bits per heavy atom. The van der Waals surface area contributed by atoms with Crippen molar-refractivity contribution in [1.29, 1.82) is 0 Å². The Hall–Kier alpha value is -2.45. The molecule has 1 amide bonds. The lowest BCUT2D eigenvalue weighted by Gasteiger charge is -2.30. The van der Waals surface area contributed by atoms with Gasteiger partial charge in [-0.25, -0.2) is 0 Å². The molecule has 0 aromatic carbocycles. The van der Waals surface area contributed by atoms with Crippen molar-refractivity contribution < 1.29 is 19.2 Å². The lowest BCUT2D eigenvalue weighted by atomic mass is 9.97. The highest BCUT2D eigenvalue weighted by molar-refractivity contribution is 5.96. The van der Waals surface area contributed by atoms with Crippen LogP contribution in [0.5, 0.6) is 0 Å². The fraction of sp³-hybridized carbons (Fsp3) is 0.583. The zero-order valence-electron chi connectivity index (χ0n) is 11.6. The highest BCUT2D eigenvalue weighted by Gasteiger charge is 2.32. The summed E-state index contributed by atoms with van der Waals surface area (Å²) in [7, 11) is 0. The van der Waals surface area contributed by atoms with Crippen LogP contribution in [-0.2, 0) is 9.53 Å². The van der Waals surface area contributed by atoms with Crippen LogP contribution in [0.3, 0.4) is 0 Å². The molecule has 1 aromatic rings. The molecule has 21 heavy (non-hydrogen) atoms. The number of nitrogens with zero attached hydrogens (tertiary/aromatic N) is 3. The molecule has 2 heterocycles. The molecule has 114 valence electrons. The van der Waals surface area contributed by atoms with Crippen molar-refractivity contribution in [3.63, 3.8) is 0 Å². The van der Waals surface area contributed by atoms with Crippen LogP contribution in [0.2, 0.25) is 0 Å². The van der Waals surface area contributed by atoms with Gasteiger partial charge in [0.05, 0.1) is 17.4 Å². The number of hydrogen-bond donors (Lipinski definition) is 1. The molecule has 2 rings (SSSR count). The number of esters is 1. The number of aromatic amines is 1. The Labute approximate surface area is 120 Å². The number of aromatic nitrogens is 2. The molecule has 9 heteroatoms. The summed E-state index contributed by atoms with van der Waals surface area (Å²) in [5, 5.41) is 16.7. The van der Waals surface area contributed by atoms with Gasteiger partial charge < -0.3 is 9.64 Å². The van der Waals surface area contributed by atoms with Crippen LogP contribution in [0.1, 0.15) is 30.3 Å². The van der Waals surface area contributed by atoms with E-state index in [1.807, 2.05) is 0 Å². The average Bonchev–Trinajstić information content (AvgIpc) is 2.96. The summed E-state index contributed by atoms with van der Waals surface area (Å²) in [6.07, 6.45) is 2.00. The Morgan fingerprint density at radius 1 is 1.52 bits per heavy atom. The Morgan fingerprint density at radius 3 is 2.76 bits per heavy atom. The minimum absolute atomic E-state index is 0.130. The van der Waals surface area contributed by atoms with Gasteiger partial charge >= 0.3 is 11.7 Å². The summed E-state index contributed by atoms with van der Waals surface area (Å²) in [6.45, 7) is 2.79. The van der Waals surface area contributed by atoms with E-state index < -0.39 is 10.8 Å². The van der Waals surface area contributed by atoms with Crippen LogP contribution in [0.25, 0.3) is 0 Å². The van der Waals surface area contributed by atoms with Crippen LogP contribution in [0.15, 0.2) is 6.20 Å². The van der Waals surface area contributed by atoms with Gasteiger partial charge in [-0.3, -0.25) is 24.8 Å². The SMILES string of the molecule is CCOC(=O)C1CCN(C(=O)c2[nH]ncc2[N+](=O)[O-])CC1. The lowest BCUT2D eigenvalue weighted by Crippen LogP contribution is -2.41. The van der Waals surface area contributed by atoms with Crippen molar-refractivity contribution in [3.8, 4) is 0 Å². The highest BCUT2D eigenvalue weighted by Crippen LogP contribution is 2.22. The maximum absolute atomic E-state index is 12.2. The molecule has 1 N–H and O–H groups in total. The number of nitro groups is 1. The van der Waals surface area contributed by atoms with E-state index in [4.69, 9.17) is 4.74 Å². The van der Waals surface area contributed by atoms with Crippen molar-refractivity contribution in [2.75, 3.05) is 19.7 Å². The molecule has 0 radical (unpaired) electrons. The van der Waals surface area contributed by atoms with Crippen LogP contribution >= 0.6 is 0 Å². The Bertz CT molecular complexity index is 548. The monoisotopic (exact) mass is 296 g/mol. The quantitative estimate of drug-likeness (QED) is 0.497. The normalized spacial score (nSPS) is 15.8. The molecular formula is C12H16N4O5. The largest absolute Gasteiger partial charge is 0.466 e. The van der Waals surface area contributed by atoms with Gasteiger partial charge in [0.15, 0.2) is 0 Å². The molecule has 0 saturated carbocycles. The molecule has 0 spiro atoms. The first-order valence-corrected chi connectivity index (χ1v) is 6.68.